The monoisotopic (exact) mass is 425 g/mol. The Hall–Kier alpha value is -2.34. The molecular weight excluding hydrogens is 390 g/mol. The molecule has 1 saturated heterocycles. The Morgan fingerprint density at radius 3 is 2.84 bits per heavy atom. The van der Waals surface area contributed by atoms with Crippen molar-refractivity contribution in [3.63, 3.8) is 0 Å². The fraction of sp³-hybridized carbons (Fsp3) is 0.600. The van der Waals surface area contributed by atoms with Crippen molar-refractivity contribution in [3.05, 3.63) is 42.0 Å². The largest absolute Gasteiger partial charge is 0.489 e. The fourth-order valence-electron chi connectivity index (χ4n) is 4.69. The molecule has 1 saturated carbocycles. The van der Waals surface area contributed by atoms with Crippen LogP contribution in [0.5, 0.6) is 5.75 Å². The first-order chi connectivity index (χ1) is 15.1. The lowest BCUT2D eigenvalue weighted by Crippen LogP contribution is -2.48. The van der Waals surface area contributed by atoms with E-state index in [0.717, 1.165) is 50.1 Å². The van der Waals surface area contributed by atoms with E-state index in [1.54, 1.807) is 0 Å². The third-order valence-corrected chi connectivity index (χ3v) is 6.53. The Kier molecular flexibility index (Phi) is 7.28. The van der Waals surface area contributed by atoms with Gasteiger partial charge in [0.15, 0.2) is 0 Å². The third-order valence-electron chi connectivity index (χ3n) is 6.53. The Bertz CT molecular complexity index is 805. The number of nitrogens with one attached hydrogen (secondary N) is 1. The summed E-state index contributed by atoms with van der Waals surface area (Å²) in [4.78, 5) is 29.8. The lowest BCUT2D eigenvalue weighted by Gasteiger charge is -2.38. The van der Waals surface area contributed by atoms with Gasteiger partial charge >= 0.3 is 0 Å². The molecule has 2 heterocycles. The van der Waals surface area contributed by atoms with Gasteiger partial charge in [0.25, 0.3) is 0 Å². The molecule has 0 unspecified atom stereocenters. The maximum atomic E-state index is 13.2. The number of hydrogen-bond donors (Lipinski definition) is 1. The predicted octanol–water partition coefficient (Wildman–Crippen LogP) is 2.98. The molecule has 168 valence electrons. The molecule has 31 heavy (non-hydrogen) atoms. The van der Waals surface area contributed by atoms with Crippen LogP contribution in [0, 0.1) is 11.8 Å². The first-order valence-corrected chi connectivity index (χ1v) is 11.8. The van der Waals surface area contributed by atoms with Crippen LogP contribution in [-0.2, 0) is 16.1 Å². The summed E-state index contributed by atoms with van der Waals surface area (Å²) in [6.07, 6.45) is 8.84. The van der Waals surface area contributed by atoms with E-state index in [4.69, 9.17) is 4.74 Å². The normalized spacial score (nSPS) is 24.9. The zero-order valence-corrected chi connectivity index (χ0v) is 18.6. The molecule has 2 atom stereocenters. The lowest BCUT2D eigenvalue weighted by atomic mass is 9.82. The Morgan fingerprint density at radius 2 is 2.03 bits per heavy atom. The van der Waals surface area contributed by atoms with Crippen molar-refractivity contribution in [2.45, 2.75) is 51.6 Å². The fourth-order valence-corrected chi connectivity index (χ4v) is 4.69. The van der Waals surface area contributed by atoms with Gasteiger partial charge in [0.05, 0.1) is 6.54 Å². The average Bonchev–Trinajstić information content (AvgIpc) is 3.56. The van der Waals surface area contributed by atoms with Crippen molar-refractivity contribution in [1.29, 1.82) is 0 Å². The lowest BCUT2D eigenvalue weighted by molar-refractivity contribution is -0.135. The second-order valence-electron chi connectivity index (χ2n) is 9.16. The summed E-state index contributed by atoms with van der Waals surface area (Å²) in [5, 5.41) is 3.12. The molecule has 1 aromatic carbocycles. The number of rotatable bonds is 5. The minimum atomic E-state index is 0.155. The van der Waals surface area contributed by atoms with Crippen molar-refractivity contribution in [2.75, 3.05) is 32.8 Å². The van der Waals surface area contributed by atoms with E-state index >= 15 is 0 Å². The van der Waals surface area contributed by atoms with Crippen molar-refractivity contribution in [3.8, 4) is 5.75 Å². The summed E-state index contributed by atoms with van der Waals surface area (Å²) >= 11 is 0. The molecule has 2 fully saturated rings. The Morgan fingerprint density at radius 1 is 1.19 bits per heavy atom. The summed E-state index contributed by atoms with van der Waals surface area (Å²) in [7, 11) is 0. The number of amides is 2. The molecule has 6 heteroatoms. The van der Waals surface area contributed by atoms with E-state index in [2.05, 4.69) is 35.4 Å². The summed E-state index contributed by atoms with van der Waals surface area (Å²) in [6, 6.07) is 8.49. The van der Waals surface area contributed by atoms with Crippen LogP contribution in [0.4, 0.5) is 0 Å². The zero-order valence-electron chi connectivity index (χ0n) is 18.6. The van der Waals surface area contributed by atoms with Gasteiger partial charge in [-0.3, -0.25) is 14.5 Å². The van der Waals surface area contributed by atoms with Gasteiger partial charge in [-0.2, -0.15) is 0 Å². The number of piperidine rings is 1. The quantitative estimate of drug-likeness (QED) is 0.737. The van der Waals surface area contributed by atoms with Gasteiger partial charge < -0.3 is 15.0 Å². The maximum absolute atomic E-state index is 13.2. The van der Waals surface area contributed by atoms with Crippen LogP contribution in [0.3, 0.4) is 0 Å². The molecule has 1 aliphatic carbocycles. The summed E-state index contributed by atoms with van der Waals surface area (Å²) in [6.45, 7) is 6.06. The van der Waals surface area contributed by atoms with Crippen molar-refractivity contribution in [1.82, 2.24) is 15.1 Å². The topological polar surface area (TPSA) is 61.9 Å². The maximum Gasteiger partial charge on any atom is 0.236 e. The van der Waals surface area contributed by atoms with Crippen LogP contribution in [0.25, 0.3) is 0 Å². The highest BCUT2D eigenvalue weighted by Gasteiger charge is 2.33. The number of hydrogen-bond acceptors (Lipinski definition) is 4. The van der Waals surface area contributed by atoms with Gasteiger partial charge in [-0.25, -0.2) is 0 Å². The molecule has 0 radical (unpaired) electrons. The number of ether oxygens (including phenoxy) is 1. The van der Waals surface area contributed by atoms with E-state index in [9.17, 15) is 9.59 Å². The number of benzene rings is 1. The second-order valence-corrected chi connectivity index (χ2v) is 9.16. The van der Waals surface area contributed by atoms with E-state index < -0.39 is 0 Å². The van der Waals surface area contributed by atoms with Crippen LogP contribution in [0.1, 0.15) is 44.6 Å². The molecule has 1 aromatic rings. The summed E-state index contributed by atoms with van der Waals surface area (Å²) in [5.41, 5.74) is 1.11. The van der Waals surface area contributed by atoms with Crippen molar-refractivity contribution < 1.29 is 14.3 Å². The molecule has 2 bridgehead atoms. The van der Waals surface area contributed by atoms with Crippen molar-refractivity contribution in [2.24, 2.45) is 11.8 Å². The molecule has 2 amide bonds. The van der Waals surface area contributed by atoms with Gasteiger partial charge in [-0.05, 0) is 50.1 Å². The smallest absolute Gasteiger partial charge is 0.236 e. The molecule has 3 aliphatic rings. The predicted molar refractivity (Wildman–Crippen MR) is 121 cm³/mol. The van der Waals surface area contributed by atoms with Crippen LogP contribution >= 0.6 is 0 Å². The van der Waals surface area contributed by atoms with E-state index in [0.29, 0.717) is 38.7 Å². The highest BCUT2D eigenvalue weighted by atomic mass is 16.5. The molecule has 0 spiro atoms. The molecular formula is C25H35N3O3. The molecule has 0 aromatic heterocycles. The van der Waals surface area contributed by atoms with Crippen LogP contribution in [0.15, 0.2) is 36.4 Å². The van der Waals surface area contributed by atoms with E-state index in [1.165, 1.54) is 0 Å². The number of para-hydroxylation sites is 1. The molecule has 4 rings (SSSR count). The van der Waals surface area contributed by atoms with Gasteiger partial charge in [0, 0.05) is 37.7 Å². The number of fused-ring (bicyclic) bond motifs is 3. The Balaban J connectivity index is 1.50. The average molecular weight is 426 g/mol. The van der Waals surface area contributed by atoms with Gasteiger partial charge in [-0.1, -0.05) is 37.3 Å². The minimum Gasteiger partial charge on any atom is -0.489 e. The summed E-state index contributed by atoms with van der Waals surface area (Å²) in [5.74, 6) is 1.67. The van der Waals surface area contributed by atoms with Crippen LogP contribution in [-0.4, -0.2) is 60.4 Å². The SMILES string of the molecule is CCCN1CC(=O)N2CC[C@@H](CC(=O)NC3CC3)[C@@H](C=CCOc3ccccc3C1)C2. The third kappa shape index (κ3) is 6.10. The molecule has 6 nitrogen and oxygen atoms in total. The first-order valence-electron chi connectivity index (χ1n) is 11.8. The first kappa shape index (κ1) is 21.9. The van der Waals surface area contributed by atoms with Gasteiger partial charge in [0.1, 0.15) is 12.4 Å². The molecule has 1 N–H and O–H groups in total. The Labute approximate surface area is 185 Å². The second kappa shape index (κ2) is 10.3. The van der Waals surface area contributed by atoms with Crippen LogP contribution < -0.4 is 10.1 Å². The zero-order chi connectivity index (χ0) is 21.6. The van der Waals surface area contributed by atoms with Crippen molar-refractivity contribution >= 4 is 11.8 Å². The highest BCUT2D eigenvalue weighted by Crippen LogP contribution is 2.29. The minimum absolute atomic E-state index is 0.155. The van der Waals surface area contributed by atoms with E-state index in [1.807, 2.05) is 23.1 Å². The number of carbonyl (C=O) groups excluding carboxylic acids is 2. The van der Waals surface area contributed by atoms with Gasteiger partial charge in [-0.15, -0.1) is 0 Å². The van der Waals surface area contributed by atoms with Gasteiger partial charge in [0.2, 0.25) is 11.8 Å². The van der Waals surface area contributed by atoms with Crippen LogP contribution in [0.2, 0.25) is 0 Å². The number of carbonyl (C=O) groups is 2. The molecule has 2 aliphatic heterocycles. The standard InChI is InChI=1S/C25H35N3O3/c1-2-12-27-16-21-6-3-4-8-23(21)31-14-5-7-20-17-28(25(30)18-27)13-11-19(20)15-24(29)26-22-9-10-22/h3-8,19-20,22H,2,9-18H2,1H3,(H,26,29)/t19-,20-/m0/s1. The van der Waals surface area contributed by atoms with E-state index in [-0.39, 0.29) is 23.7 Å². The highest BCUT2D eigenvalue weighted by molar-refractivity contribution is 5.79. The summed E-state index contributed by atoms with van der Waals surface area (Å²) < 4.78 is 6.08. The number of nitrogens with zero attached hydrogens (tertiary/aromatic N) is 2.